The lowest BCUT2D eigenvalue weighted by atomic mass is 10.1. The fourth-order valence-electron chi connectivity index (χ4n) is 1.87. The third kappa shape index (κ3) is 2.53. The first-order valence-electron chi connectivity index (χ1n) is 5.91. The summed E-state index contributed by atoms with van der Waals surface area (Å²) in [6, 6.07) is 4.45. The number of halogens is 1. The molecule has 0 spiro atoms. The second kappa shape index (κ2) is 5.01. The van der Waals surface area contributed by atoms with Crippen LogP contribution in [0, 0.1) is 12.7 Å². The number of aryl methyl sites for hydroxylation is 1. The number of thiazole rings is 1. The molecule has 3 rings (SSSR count). The van der Waals surface area contributed by atoms with Gasteiger partial charge in [-0.2, -0.15) is 4.98 Å². The van der Waals surface area contributed by atoms with Crippen LogP contribution in [0.3, 0.4) is 0 Å². The zero-order valence-corrected chi connectivity index (χ0v) is 11.4. The Labute approximate surface area is 118 Å². The van der Waals surface area contributed by atoms with Crippen molar-refractivity contribution in [1.82, 2.24) is 15.1 Å². The highest BCUT2D eigenvalue weighted by Crippen LogP contribution is 2.22. The fourth-order valence-corrected chi connectivity index (χ4v) is 2.44. The lowest BCUT2D eigenvalue weighted by Gasteiger charge is -1.99. The van der Waals surface area contributed by atoms with E-state index in [0.717, 1.165) is 16.8 Å². The number of nitrogens with two attached hydrogens (primary N) is 1. The molecule has 0 saturated carbocycles. The maximum absolute atomic E-state index is 13.1. The van der Waals surface area contributed by atoms with E-state index in [1.165, 1.54) is 23.5 Å². The molecule has 0 bridgehead atoms. The first kappa shape index (κ1) is 12.7. The van der Waals surface area contributed by atoms with E-state index >= 15 is 0 Å². The van der Waals surface area contributed by atoms with Gasteiger partial charge in [0, 0.05) is 10.9 Å². The van der Waals surface area contributed by atoms with Crippen molar-refractivity contribution in [2.45, 2.75) is 13.3 Å². The lowest BCUT2D eigenvalue weighted by molar-refractivity contribution is 0.385. The SMILES string of the molecule is Cc1cc(F)ccc1-c1noc(Cc2csc(N)n2)n1. The summed E-state index contributed by atoms with van der Waals surface area (Å²) in [5.41, 5.74) is 7.87. The standard InChI is InChI=1S/C13H11FN4OS/c1-7-4-8(14)2-3-10(7)12-17-11(19-18-12)5-9-6-20-13(15)16-9/h2-4,6H,5H2,1H3,(H2,15,16). The third-order valence-electron chi connectivity index (χ3n) is 2.80. The highest BCUT2D eigenvalue weighted by atomic mass is 32.1. The maximum atomic E-state index is 13.1. The predicted molar refractivity (Wildman–Crippen MR) is 73.8 cm³/mol. The van der Waals surface area contributed by atoms with Crippen LogP contribution in [0.25, 0.3) is 11.4 Å². The molecule has 102 valence electrons. The minimum atomic E-state index is -0.284. The molecule has 0 radical (unpaired) electrons. The molecule has 0 aliphatic heterocycles. The average molecular weight is 290 g/mol. The first-order chi connectivity index (χ1) is 9.61. The van der Waals surface area contributed by atoms with Gasteiger partial charge in [-0.1, -0.05) is 5.16 Å². The van der Waals surface area contributed by atoms with Gasteiger partial charge in [-0.3, -0.25) is 0 Å². The second-order valence-electron chi connectivity index (χ2n) is 4.32. The van der Waals surface area contributed by atoms with Crippen molar-refractivity contribution < 1.29 is 8.91 Å². The van der Waals surface area contributed by atoms with Gasteiger partial charge in [0.1, 0.15) is 5.82 Å². The summed E-state index contributed by atoms with van der Waals surface area (Å²) in [4.78, 5) is 8.44. The van der Waals surface area contributed by atoms with Crippen LogP contribution in [0.4, 0.5) is 9.52 Å². The van der Waals surface area contributed by atoms with Gasteiger partial charge in [0.05, 0.1) is 12.1 Å². The molecule has 0 amide bonds. The molecule has 2 N–H and O–H groups in total. The molecule has 7 heteroatoms. The predicted octanol–water partition coefficient (Wildman–Crippen LogP) is 2.81. The van der Waals surface area contributed by atoms with Gasteiger partial charge in [0.25, 0.3) is 0 Å². The minimum Gasteiger partial charge on any atom is -0.375 e. The van der Waals surface area contributed by atoms with Crippen LogP contribution in [0.15, 0.2) is 28.1 Å². The quantitative estimate of drug-likeness (QED) is 0.802. The van der Waals surface area contributed by atoms with Gasteiger partial charge >= 0.3 is 0 Å². The number of benzene rings is 1. The van der Waals surface area contributed by atoms with Crippen LogP contribution in [-0.2, 0) is 6.42 Å². The number of hydrogen-bond acceptors (Lipinski definition) is 6. The summed E-state index contributed by atoms with van der Waals surface area (Å²) in [5, 5.41) is 6.27. The highest BCUT2D eigenvalue weighted by molar-refractivity contribution is 7.13. The minimum absolute atomic E-state index is 0.284. The van der Waals surface area contributed by atoms with Gasteiger partial charge in [-0.25, -0.2) is 9.37 Å². The van der Waals surface area contributed by atoms with Crippen LogP contribution in [0.5, 0.6) is 0 Å². The summed E-state index contributed by atoms with van der Waals surface area (Å²) in [6.07, 6.45) is 0.431. The zero-order chi connectivity index (χ0) is 14.1. The summed E-state index contributed by atoms with van der Waals surface area (Å²) >= 11 is 1.37. The van der Waals surface area contributed by atoms with Crippen LogP contribution in [-0.4, -0.2) is 15.1 Å². The van der Waals surface area contributed by atoms with Crippen molar-refractivity contribution in [1.29, 1.82) is 0 Å². The Balaban J connectivity index is 1.86. The van der Waals surface area contributed by atoms with E-state index in [4.69, 9.17) is 10.3 Å². The van der Waals surface area contributed by atoms with E-state index in [9.17, 15) is 4.39 Å². The molecule has 20 heavy (non-hydrogen) atoms. The molecule has 0 saturated heterocycles. The Morgan fingerprint density at radius 1 is 1.35 bits per heavy atom. The second-order valence-corrected chi connectivity index (χ2v) is 5.21. The topological polar surface area (TPSA) is 77.8 Å². The van der Waals surface area contributed by atoms with Gasteiger partial charge < -0.3 is 10.3 Å². The van der Waals surface area contributed by atoms with Gasteiger partial charge in [-0.15, -0.1) is 11.3 Å². The summed E-state index contributed by atoms with van der Waals surface area (Å²) in [6.45, 7) is 1.80. The molecular weight excluding hydrogens is 279 g/mol. The summed E-state index contributed by atoms with van der Waals surface area (Å²) in [5.74, 6) is 0.614. The van der Waals surface area contributed by atoms with Crippen LogP contribution in [0.1, 0.15) is 17.1 Å². The van der Waals surface area contributed by atoms with Gasteiger partial charge in [-0.05, 0) is 30.7 Å². The molecule has 2 aromatic heterocycles. The van der Waals surface area contributed by atoms with Crippen molar-refractivity contribution >= 4 is 16.5 Å². The van der Waals surface area contributed by atoms with Crippen LogP contribution in [0.2, 0.25) is 0 Å². The normalized spacial score (nSPS) is 10.9. The Hall–Kier alpha value is -2.28. The van der Waals surface area contributed by atoms with Gasteiger partial charge in [0.15, 0.2) is 5.13 Å². The lowest BCUT2D eigenvalue weighted by Crippen LogP contribution is -1.91. The molecule has 1 aromatic carbocycles. The Bertz CT molecular complexity index is 752. The number of nitrogens with zero attached hydrogens (tertiary/aromatic N) is 3. The van der Waals surface area contributed by atoms with E-state index in [1.807, 2.05) is 5.38 Å². The van der Waals surface area contributed by atoms with E-state index in [-0.39, 0.29) is 5.82 Å². The van der Waals surface area contributed by atoms with E-state index in [1.54, 1.807) is 13.0 Å². The molecule has 2 heterocycles. The molecule has 3 aromatic rings. The van der Waals surface area contributed by atoms with E-state index in [0.29, 0.717) is 23.3 Å². The number of hydrogen-bond donors (Lipinski definition) is 1. The molecule has 0 atom stereocenters. The van der Waals surface area contributed by atoms with Crippen molar-refractivity contribution in [2.75, 3.05) is 5.73 Å². The van der Waals surface area contributed by atoms with Crippen molar-refractivity contribution in [3.8, 4) is 11.4 Å². The fraction of sp³-hybridized carbons (Fsp3) is 0.154. The van der Waals surface area contributed by atoms with E-state index < -0.39 is 0 Å². The molecule has 0 fully saturated rings. The zero-order valence-electron chi connectivity index (χ0n) is 10.6. The maximum Gasteiger partial charge on any atom is 0.233 e. The number of nitrogen functional groups attached to an aromatic ring is 1. The van der Waals surface area contributed by atoms with E-state index in [2.05, 4.69) is 15.1 Å². The molecule has 0 aliphatic rings. The molecular formula is C13H11FN4OS. The number of rotatable bonds is 3. The number of anilines is 1. The Morgan fingerprint density at radius 3 is 2.90 bits per heavy atom. The van der Waals surface area contributed by atoms with Crippen molar-refractivity contribution in [3.63, 3.8) is 0 Å². The van der Waals surface area contributed by atoms with Crippen molar-refractivity contribution in [2.24, 2.45) is 0 Å². The molecule has 5 nitrogen and oxygen atoms in total. The summed E-state index contributed by atoms with van der Waals surface area (Å²) < 4.78 is 18.3. The Kier molecular flexibility index (Phi) is 3.19. The molecule has 0 aliphatic carbocycles. The number of aromatic nitrogens is 3. The monoisotopic (exact) mass is 290 g/mol. The van der Waals surface area contributed by atoms with Crippen LogP contribution < -0.4 is 5.73 Å². The average Bonchev–Trinajstić information content (AvgIpc) is 2.99. The van der Waals surface area contributed by atoms with Crippen LogP contribution >= 0.6 is 11.3 Å². The first-order valence-corrected chi connectivity index (χ1v) is 6.79. The van der Waals surface area contributed by atoms with Crippen molar-refractivity contribution in [3.05, 3.63) is 46.5 Å². The third-order valence-corrected chi connectivity index (χ3v) is 3.52. The molecule has 0 unspecified atom stereocenters. The smallest absolute Gasteiger partial charge is 0.233 e. The van der Waals surface area contributed by atoms with Gasteiger partial charge in [0.2, 0.25) is 11.7 Å². The largest absolute Gasteiger partial charge is 0.375 e. The summed E-state index contributed by atoms with van der Waals surface area (Å²) in [7, 11) is 0. The Morgan fingerprint density at radius 2 is 2.20 bits per heavy atom. The highest BCUT2D eigenvalue weighted by Gasteiger charge is 2.12.